The average molecular weight is 224 g/mol. The van der Waals surface area contributed by atoms with Crippen LogP contribution in [0.4, 0.5) is 0 Å². The third-order valence-electron chi connectivity index (χ3n) is 2.91. The molecule has 0 unspecified atom stereocenters. The van der Waals surface area contributed by atoms with E-state index in [1.807, 2.05) is 13.8 Å². The van der Waals surface area contributed by atoms with Gasteiger partial charge in [-0.05, 0) is 26.7 Å². The predicted molar refractivity (Wildman–Crippen MR) is 61.3 cm³/mol. The van der Waals surface area contributed by atoms with E-state index in [1.54, 1.807) is 0 Å². The predicted octanol–water partition coefficient (Wildman–Crippen LogP) is 2.43. The van der Waals surface area contributed by atoms with Crippen molar-refractivity contribution in [2.75, 3.05) is 0 Å². The number of nitrogens with zero attached hydrogens (tertiary/aromatic N) is 1. The van der Waals surface area contributed by atoms with Crippen LogP contribution in [0.1, 0.15) is 46.1 Å². The number of carbonyl (C=O) groups is 1. The van der Waals surface area contributed by atoms with Crippen LogP contribution in [0.3, 0.4) is 0 Å². The quantitative estimate of drug-likeness (QED) is 0.838. The first-order valence-corrected chi connectivity index (χ1v) is 6.23. The van der Waals surface area contributed by atoms with Gasteiger partial charge in [-0.3, -0.25) is 4.79 Å². The molecule has 0 bridgehead atoms. The normalized spacial score (nSPS) is 16.9. The van der Waals surface area contributed by atoms with Crippen molar-refractivity contribution >= 4 is 17.2 Å². The summed E-state index contributed by atoms with van der Waals surface area (Å²) in [6.45, 7) is 3.94. The van der Waals surface area contributed by atoms with Gasteiger partial charge in [-0.1, -0.05) is 12.8 Å². The van der Waals surface area contributed by atoms with Crippen LogP contribution in [0.5, 0.6) is 0 Å². The molecule has 1 aromatic heterocycles. The first kappa shape index (κ1) is 10.6. The fourth-order valence-electron chi connectivity index (χ4n) is 1.89. The number of rotatable bonds is 2. The van der Waals surface area contributed by atoms with Gasteiger partial charge in [0.15, 0.2) is 5.01 Å². The lowest BCUT2D eigenvalue weighted by molar-refractivity contribution is 0.0937. The molecule has 15 heavy (non-hydrogen) atoms. The minimum atomic E-state index is 0.00287. The Hall–Kier alpha value is -0.900. The monoisotopic (exact) mass is 224 g/mol. The van der Waals surface area contributed by atoms with Gasteiger partial charge in [-0.25, -0.2) is 4.98 Å². The van der Waals surface area contributed by atoms with Gasteiger partial charge in [0.05, 0.1) is 5.69 Å². The van der Waals surface area contributed by atoms with Crippen LogP contribution in [0.2, 0.25) is 0 Å². The average Bonchev–Trinajstić information content (AvgIpc) is 2.78. The van der Waals surface area contributed by atoms with Crippen molar-refractivity contribution < 1.29 is 4.79 Å². The Labute approximate surface area is 93.9 Å². The van der Waals surface area contributed by atoms with E-state index < -0.39 is 0 Å². The summed E-state index contributed by atoms with van der Waals surface area (Å²) in [6, 6.07) is 0.377. The van der Waals surface area contributed by atoms with Crippen molar-refractivity contribution in [3.8, 4) is 0 Å². The molecule has 1 N–H and O–H groups in total. The van der Waals surface area contributed by atoms with E-state index >= 15 is 0 Å². The second kappa shape index (κ2) is 4.31. The molecule has 1 aliphatic carbocycles. The highest BCUT2D eigenvalue weighted by Gasteiger charge is 2.19. The lowest BCUT2D eigenvalue weighted by Gasteiger charge is -2.09. The zero-order valence-corrected chi connectivity index (χ0v) is 9.99. The molecule has 1 amide bonds. The number of aryl methyl sites for hydroxylation is 2. The van der Waals surface area contributed by atoms with Crippen LogP contribution in [0, 0.1) is 13.8 Å². The summed E-state index contributed by atoms with van der Waals surface area (Å²) < 4.78 is 0. The molecule has 0 spiro atoms. The number of thiazole rings is 1. The van der Waals surface area contributed by atoms with Gasteiger partial charge < -0.3 is 5.32 Å². The van der Waals surface area contributed by atoms with E-state index in [0.717, 1.165) is 23.4 Å². The summed E-state index contributed by atoms with van der Waals surface area (Å²) in [5.74, 6) is 0.00287. The van der Waals surface area contributed by atoms with Crippen LogP contribution in [-0.4, -0.2) is 16.9 Å². The lowest BCUT2D eigenvalue weighted by Crippen LogP contribution is -2.32. The van der Waals surface area contributed by atoms with Crippen molar-refractivity contribution in [3.63, 3.8) is 0 Å². The maximum absolute atomic E-state index is 11.8. The fourth-order valence-corrected chi connectivity index (χ4v) is 2.70. The largest absolute Gasteiger partial charge is 0.347 e. The van der Waals surface area contributed by atoms with Crippen molar-refractivity contribution in [1.82, 2.24) is 10.3 Å². The maximum atomic E-state index is 11.8. The van der Waals surface area contributed by atoms with Crippen LogP contribution < -0.4 is 5.32 Å². The molecule has 0 radical (unpaired) electrons. The molecule has 82 valence electrons. The van der Waals surface area contributed by atoms with Crippen molar-refractivity contribution in [2.24, 2.45) is 0 Å². The first-order chi connectivity index (χ1) is 7.16. The third kappa shape index (κ3) is 2.37. The number of hydrogen-bond donors (Lipinski definition) is 1. The van der Waals surface area contributed by atoms with Gasteiger partial charge in [-0.15, -0.1) is 11.3 Å². The zero-order valence-electron chi connectivity index (χ0n) is 9.17. The molecular formula is C11H16N2OS. The minimum absolute atomic E-state index is 0.00287. The van der Waals surface area contributed by atoms with Gasteiger partial charge in [-0.2, -0.15) is 0 Å². The van der Waals surface area contributed by atoms with E-state index in [9.17, 15) is 4.79 Å². The van der Waals surface area contributed by atoms with Gasteiger partial charge in [0.1, 0.15) is 0 Å². The Balaban J connectivity index is 2.00. The molecule has 1 fully saturated rings. The summed E-state index contributed by atoms with van der Waals surface area (Å²) in [4.78, 5) is 17.2. The molecule has 0 atom stereocenters. The molecule has 1 saturated carbocycles. The highest BCUT2D eigenvalue weighted by atomic mass is 32.1. The van der Waals surface area contributed by atoms with E-state index in [4.69, 9.17) is 0 Å². The summed E-state index contributed by atoms with van der Waals surface area (Å²) in [7, 11) is 0. The highest BCUT2D eigenvalue weighted by molar-refractivity contribution is 7.13. The Bertz CT molecular complexity index is 347. The summed E-state index contributed by atoms with van der Waals surface area (Å²) in [5.41, 5.74) is 0.969. The Morgan fingerprint density at radius 2 is 2.07 bits per heavy atom. The van der Waals surface area contributed by atoms with Crippen molar-refractivity contribution in [3.05, 3.63) is 15.6 Å². The summed E-state index contributed by atoms with van der Waals surface area (Å²) in [6.07, 6.45) is 4.71. The lowest BCUT2D eigenvalue weighted by atomic mass is 10.2. The molecule has 1 aromatic rings. The summed E-state index contributed by atoms with van der Waals surface area (Å²) in [5, 5.41) is 3.65. The Kier molecular flexibility index (Phi) is 3.05. The number of carbonyl (C=O) groups excluding carboxylic acids is 1. The Morgan fingerprint density at radius 3 is 2.60 bits per heavy atom. The smallest absolute Gasteiger partial charge is 0.280 e. The van der Waals surface area contributed by atoms with E-state index in [2.05, 4.69) is 10.3 Å². The van der Waals surface area contributed by atoms with Gasteiger partial charge in [0.25, 0.3) is 5.91 Å². The highest BCUT2D eigenvalue weighted by Crippen LogP contribution is 2.20. The van der Waals surface area contributed by atoms with Crippen LogP contribution >= 0.6 is 11.3 Å². The Morgan fingerprint density at radius 1 is 1.40 bits per heavy atom. The van der Waals surface area contributed by atoms with Crippen LogP contribution in [0.25, 0.3) is 0 Å². The second-order valence-electron chi connectivity index (χ2n) is 4.12. The topological polar surface area (TPSA) is 42.0 Å². The van der Waals surface area contributed by atoms with E-state index in [0.29, 0.717) is 11.0 Å². The van der Waals surface area contributed by atoms with E-state index in [1.165, 1.54) is 24.2 Å². The molecule has 3 nitrogen and oxygen atoms in total. The fraction of sp³-hybridized carbons (Fsp3) is 0.636. The van der Waals surface area contributed by atoms with Crippen LogP contribution in [-0.2, 0) is 0 Å². The van der Waals surface area contributed by atoms with Crippen molar-refractivity contribution in [1.29, 1.82) is 0 Å². The molecule has 1 aliphatic rings. The molecule has 4 heteroatoms. The first-order valence-electron chi connectivity index (χ1n) is 5.41. The third-order valence-corrected chi connectivity index (χ3v) is 3.98. The SMILES string of the molecule is Cc1nc(C(=O)NC2CCCC2)sc1C. The molecule has 0 aliphatic heterocycles. The standard InChI is InChI=1S/C11H16N2OS/c1-7-8(2)15-11(12-7)10(14)13-9-5-3-4-6-9/h9H,3-6H2,1-2H3,(H,13,14). The van der Waals surface area contributed by atoms with Gasteiger partial charge >= 0.3 is 0 Å². The molecule has 1 heterocycles. The molecule has 0 saturated heterocycles. The van der Waals surface area contributed by atoms with Gasteiger partial charge in [0, 0.05) is 10.9 Å². The van der Waals surface area contributed by atoms with Crippen molar-refractivity contribution in [2.45, 2.75) is 45.6 Å². The maximum Gasteiger partial charge on any atom is 0.280 e. The molecule has 0 aromatic carbocycles. The van der Waals surface area contributed by atoms with E-state index in [-0.39, 0.29) is 5.91 Å². The van der Waals surface area contributed by atoms with Crippen LogP contribution in [0.15, 0.2) is 0 Å². The number of amides is 1. The molecular weight excluding hydrogens is 208 g/mol. The minimum Gasteiger partial charge on any atom is -0.347 e. The number of aromatic nitrogens is 1. The molecule has 2 rings (SSSR count). The second-order valence-corrected chi connectivity index (χ2v) is 5.32. The zero-order chi connectivity index (χ0) is 10.8. The number of hydrogen-bond acceptors (Lipinski definition) is 3. The van der Waals surface area contributed by atoms with Gasteiger partial charge in [0.2, 0.25) is 0 Å². The summed E-state index contributed by atoms with van der Waals surface area (Å²) >= 11 is 1.48. The number of nitrogens with one attached hydrogen (secondary N) is 1.